The fraction of sp³-hybridized carbons (Fsp3) is 0.429. The molecular weight excluding hydrogens is 404 g/mol. The highest BCUT2D eigenvalue weighted by Crippen LogP contribution is 2.23. The Morgan fingerprint density at radius 2 is 2.00 bits per heavy atom. The summed E-state index contributed by atoms with van der Waals surface area (Å²) >= 11 is 0. The predicted octanol–water partition coefficient (Wildman–Crippen LogP) is 2.25. The summed E-state index contributed by atoms with van der Waals surface area (Å²) in [7, 11) is 1.54. The molecule has 0 spiro atoms. The van der Waals surface area contributed by atoms with Crippen molar-refractivity contribution in [1.82, 2.24) is 21.1 Å². The average Bonchev–Trinajstić information content (AvgIpc) is 3.28. The van der Waals surface area contributed by atoms with Crippen LogP contribution in [0, 0.1) is 5.92 Å². The molecule has 10 heteroatoms. The van der Waals surface area contributed by atoms with Gasteiger partial charge in [-0.05, 0) is 24.6 Å². The molecule has 0 aromatic carbocycles. The molecule has 3 amide bonds. The van der Waals surface area contributed by atoms with Gasteiger partial charge in [-0.1, -0.05) is 26.2 Å². The molecule has 0 bridgehead atoms. The van der Waals surface area contributed by atoms with E-state index in [1.165, 1.54) is 6.07 Å². The summed E-state index contributed by atoms with van der Waals surface area (Å²) in [6.07, 6.45) is 4.65. The van der Waals surface area contributed by atoms with Crippen LogP contribution >= 0.6 is 0 Å². The number of ether oxygens (including phenoxy) is 1. The van der Waals surface area contributed by atoms with Crippen molar-refractivity contribution >= 4 is 17.7 Å². The van der Waals surface area contributed by atoms with E-state index in [-0.39, 0.29) is 24.8 Å². The number of pyridine rings is 1. The topological polar surface area (TPSA) is 143 Å². The molecule has 168 valence electrons. The third-order valence-corrected chi connectivity index (χ3v) is 4.64. The Morgan fingerprint density at radius 1 is 1.19 bits per heavy atom. The van der Waals surface area contributed by atoms with Crippen LogP contribution in [0.1, 0.15) is 49.6 Å². The number of carbonyl (C=O) groups is 3. The number of rotatable bonds is 12. The first-order valence-electron chi connectivity index (χ1n) is 10.1. The number of hydrogen-bond donors (Lipinski definition) is 4. The average molecular weight is 432 g/mol. The zero-order valence-electron chi connectivity index (χ0n) is 17.6. The van der Waals surface area contributed by atoms with E-state index in [1.54, 1.807) is 37.0 Å². The second-order valence-electron chi connectivity index (χ2n) is 6.90. The summed E-state index contributed by atoms with van der Waals surface area (Å²) in [5.41, 5.74) is 2.06. The number of methoxy groups -OCH3 is 1. The van der Waals surface area contributed by atoms with Crippen molar-refractivity contribution in [2.75, 3.05) is 13.8 Å². The van der Waals surface area contributed by atoms with Crippen LogP contribution in [0.15, 0.2) is 34.9 Å². The van der Waals surface area contributed by atoms with Gasteiger partial charge in [-0.15, -0.1) is 0 Å². The number of amides is 3. The van der Waals surface area contributed by atoms with Crippen LogP contribution in [0.2, 0.25) is 0 Å². The van der Waals surface area contributed by atoms with E-state index < -0.39 is 17.7 Å². The molecule has 0 aliphatic heterocycles. The van der Waals surface area contributed by atoms with Crippen molar-refractivity contribution in [2.24, 2.45) is 5.92 Å². The van der Waals surface area contributed by atoms with Crippen molar-refractivity contribution in [3.63, 3.8) is 0 Å². The zero-order valence-corrected chi connectivity index (χ0v) is 17.6. The van der Waals surface area contributed by atoms with Crippen molar-refractivity contribution < 1.29 is 28.7 Å². The maximum Gasteiger partial charge on any atom is 0.288 e. The molecule has 0 unspecified atom stereocenters. The molecule has 1 atom stereocenters. The molecule has 2 aromatic heterocycles. The van der Waals surface area contributed by atoms with Crippen LogP contribution < -0.4 is 20.9 Å². The van der Waals surface area contributed by atoms with Gasteiger partial charge in [0.25, 0.3) is 5.91 Å². The van der Waals surface area contributed by atoms with Crippen LogP contribution in [0.25, 0.3) is 11.5 Å². The van der Waals surface area contributed by atoms with Crippen LogP contribution in [0.5, 0.6) is 5.75 Å². The van der Waals surface area contributed by atoms with E-state index in [1.807, 2.05) is 6.92 Å². The predicted molar refractivity (Wildman–Crippen MR) is 111 cm³/mol. The first kappa shape index (κ1) is 23.9. The van der Waals surface area contributed by atoms with E-state index in [9.17, 15) is 14.4 Å². The number of nitrogens with zero attached hydrogens (tertiary/aromatic N) is 1. The molecule has 2 rings (SSSR count). The Hall–Kier alpha value is -3.40. The highest BCUT2D eigenvalue weighted by molar-refractivity contribution is 5.92. The van der Waals surface area contributed by atoms with E-state index >= 15 is 0 Å². The van der Waals surface area contributed by atoms with Gasteiger partial charge in [0.05, 0.1) is 13.8 Å². The first-order valence-corrected chi connectivity index (χ1v) is 10.1. The Labute approximate surface area is 180 Å². The standard InChI is InChI=1S/C21H28N4O6/c1-3-4-5-6-14(11-19(26)25-29)20(27)23-13-24-21(28)18-8-7-17(31-18)16-12-15(30-2)9-10-22-16/h7-10,12,14,29H,3-6,11,13H2,1-2H3,(H,23,27)(H,24,28)(H,25,26)/t14-/m1/s1. The number of hydroxylamine groups is 1. The minimum Gasteiger partial charge on any atom is -0.497 e. The highest BCUT2D eigenvalue weighted by atomic mass is 16.5. The van der Waals surface area contributed by atoms with Gasteiger partial charge in [0, 0.05) is 24.6 Å². The number of aromatic nitrogens is 1. The molecule has 0 radical (unpaired) electrons. The number of hydrogen-bond acceptors (Lipinski definition) is 7. The summed E-state index contributed by atoms with van der Waals surface area (Å²) in [6.45, 7) is 1.91. The number of unbranched alkanes of at least 4 members (excludes halogenated alkanes) is 2. The van der Waals surface area contributed by atoms with Crippen LogP contribution in [-0.4, -0.2) is 41.7 Å². The zero-order chi connectivity index (χ0) is 22.6. The van der Waals surface area contributed by atoms with Crippen molar-refractivity contribution in [2.45, 2.75) is 39.0 Å². The lowest BCUT2D eigenvalue weighted by atomic mass is 9.96. The van der Waals surface area contributed by atoms with Gasteiger partial charge in [0.2, 0.25) is 11.8 Å². The number of carbonyl (C=O) groups excluding carboxylic acids is 3. The summed E-state index contributed by atoms with van der Waals surface area (Å²) in [4.78, 5) is 40.3. The third kappa shape index (κ3) is 7.41. The van der Waals surface area contributed by atoms with Gasteiger partial charge in [-0.2, -0.15) is 0 Å². The fourth-order valence-corrected chi connectivity index (χ4v) is 2.95. The largest absolute Gasteiger partial charge is 0.497 e. The Bertz CT molecular complexity index is 882. The van der Waals surface area contributed by atoms with Crippen LogP contribution in [0.4, 0.5) is 0 Å². The molecule has 0 aliphatic rings. The van der Waals surface area contributed by atoms with Crippen molar-refractivity contribution in [1.29, 1.82) is 0 Å². The molecule has 0 saturated heterocycles. The van der Waals surface area contributed by atoms with Gasteiger partial charge < -0.3 is 19.8 Å². The van der Waals surface area contributed by atoms with Gasteiger partial charge in [-0.25, -0.2) is 5.48 Å². The second kappa shape index (κ2) is 12.3. The summed E-state index contributed by atoms with van der Waals surface area (Å²) < 4.78 is 10.7. The quantitative estimate of drug-likeness (QED) is 0.174. The lowest BCUT2D eigenvalue weighted by Crippen LogP contribution is -2.41. The number of furan rings is 1. The Morgan fingerprint density at radius 3 is 2.71 bits per heavy atom. The lowest BCUT2D eigenvalue weighted by Gasteiger charge is -2.16. The van der Waals surface area contributed by atoms with Crippen molar-refractivity contribution in [3.05, 3.63) is 36.2 Å². The second-order valence-corrected chi connectivity index (χ2v) is 6.90. The molecular formula is C21H28N4O6. The SMILES string of the molecule is CCCCC[C@H](CC(=O)NO)C(=O)NCNC(=O)c1ccc(-c2cc(OC)ccn2)o1. The van der Waals surface area contributed by atoms with E-state index in [4.69, 9.17) is 14.4 Å². The van der Waals surface area contributed by atoms with Crippen LogP contribution in [0.3, 0.4) is 0 Å². The minimum atomic E-state index is -0.630. The van der Waals surface area contributed by atoms with Gasteiger partial charge in [-0.3, -0.25) is 24.6 Å². The van der Waals surface area contributed by atoms with Gasteiger partial charge >= 0.3 is 0 Å². The van der Waals surface area contributed by atoms with E-state index in [2.05, 4.69) is 15.6 Å². The molecule has 4 N–H and O–H groups in total. The van der Waals surface area contributed by atoms with Crippen molar-refractivity contribution in [3.8, 4) is 17.2 Å². The molecule has 0 fully saturated rings. The third-order valence-electron chi connectivity index (χ3n) is 4.64. The Kier molecular flexibility index (Phi) is 9.50. The Balaban J connectivity index is 1.89. The maximum atomic E-state index is 12.4. The fourth-order valence-electron chi connectivity index (χ4n) is 2.95. The molecule has 0 saturated carbocycles. The smallest absolute Gasteiger partial charge is 0.288 e. The van der Waals surface area contributed by atoms with Gasteiger partial charge in [0.1, 0.15) is 11.4 Å². The molecule has 2 aromatic rings. The lowest BCUT2D eigenvalue weighted by molar-refractivity contribution is -0.135. The first-order chi connectivity index (χ1) is 15.0. The minimum absolute atomic E-state index is 0.0630. The molecule has 0 aliphatic carbocycles. The maximum absolute atomic E-state index is 12.4. The van der Waals surface area contributed by atoms with E-state index in [0.717, 1.165) is 19.3 Å². The highest BCUT2D eigenvalue weighted by Gasteiger charge is 2.21. The summed E-state index contributed by atoms with van der Waals surface area (Å²) in [5.74, 6) is -1.03. The van der Waals surface area contributed by atoms with Gasteiger partial charge in [0.15, 0.2) is 11.5 Å². The summed E-state index contributed by atoms with van der Waals surface area (Å²) in [5, 5.41) is 13.9. The molecule has 31 heavy (non-hydrogen) atoms. The summed E-state index contributed by atoms with van der Waals surface area (Å²) in [6, 6.07) is 6.50. The van der Waals surface area contributed by atoms with Crippen LogP contribution in [-0.2, 0) is 9.59 Å². The number of nitrogens with one attached hydrogen (secondary N) is 3. The molecule has 2 heterocycles. The molecule has 10 nitrogen and oxygen atoms in total. The normalized spacial score (nSPS) is 11.5. The van der Waals surface area contributed by atoms with E-state index in [0.29, 0.717) is 23.6 Å². The monoisotopic (exact) mass is 432 g/mol.